The van der Waals surface area contributed by atoms with E-state index in [-0.39, 0.29) is 29.2 Å². The normalized spacial score (nSPS) is 19.8. The highest BCUT2D eigenvalue weighted by atomic mass is 16.5. The van der Waals surface area contributed by atoms with E-state index in [0.29, 0.717) is 30.2 Å². The van der Waals surface area contributed by atoms with Crippen LogP contribution in [0.25, 0.3) is 0 Å². The second-order valence-corrected chi connectivity index (χ2v) is 7.78. The first-order valence-corrected chi connectivity index (χ1v) is 10.0. The quantitative estimate of drug-likeness (QED) is 0.785. The van der Waals surface area contributed by atoms with Gasteiger partial charge < -0.3 is 19.7 Å². The van der Waals surface area contributed by atoms with Gasteiger partial charge in [0.2, 0.25) is 11.8 Å². The number of hydrogen-bond donors (Lipinski definition) is 1. The van der Waals surface area contributed by atoms with Crippen molar-refractivity contribution in [3.05, 3.63) is 29.6 Å². The fourth-order valence-corrected chi connectivity index (χ4v) is 4.52. The molecule has 0 radical (unpaired) electrons. The summed E-state index contributed by atoms with van der Waals surface area (Å²) in [6, 6.07) is 3.56. The second-order valence-electron chi connectivity index (χ2n) is 7.78. The van der Waals surface area contributed by atoms with Crippen LogP contribution in [0.1, 0.15) is 52.6 Å². The number of hydrogen-bond acceptors (Lipinski definition) is 7. The maximum absolute atomic E-state index is 13.1. The molecule has 10 heteroatoms. The number of aromatic nitrogens is 4. The Bertz CT molecular complexity index is 951. The van der Waals surface area contributed by atoms with E-state index in [1.54, 1.807) is 25.4 Å². The van der Waals surface area contributed by atoms with Crippen molar-refractivity contribution in [1.82, 2.24) is 30.2 Å². The molecule has 160 valence electrons. The lowest BCUT2D eigenvalue weighted by molar-refractivity contribution is -0.0269. The summed E-state index contributed by atoms with van der Waals surface area (Å²) in [5.74, 6) is 0.347. The lowest BCUT2D eigenvalue weighted by Gasteiger charge is -2.53. The van der Waals surface area contributed by atoms with Crippen LogP contribution < -0.4 is 14.8 Å². The molecule has 1 aliphatic heterocycles. The number of carbonyl (C=O) groups excluding carboxylic acids is 2. The predicted molar refractivity (Wildman–Crippen MR) is 107 cm³/mol. The van der Waals surface area contributed by atoms with E-state index in [9.17, 15) is 9.59 Å². The van der Waals surface area contributed by atoms with Crippen molar-refractivity contribution in [2.45, 2.75) is 31.7 Å². The monoisotopic (exact) mass is 414 g/mol. The number of pyridine rings is 1. The molecule has 1 atom stereocenters. The zero-order valence-corrected chi connectivity index (χ0v) is 17.4. The summed E-state index contributed by atoms with van der Waals surface area (Å²) in [6.45, 7) is 1.31. The fraction of sp³-hybridized carbons (Fsp3) is 0.550. The first-order valence-electron chi connectivity index (χ1n) is 10.0. The summed E-state index contributed by atoms with van der Waals surface area (Å²) in [6.07, 6.45) is 5.56. The highest BCUT2D eigenvalue weighted by Gasteiger charge is 2.50. The minimum absolute atomic E-state index is 0.0876. The van der Waals surface area contributed by atoms with Gasteiger partial charge in [0, 0.05) is 26.2 Å². The van der Waals surface area contributed by atoms with Gasteiger partial charge in [-0.1, -0.05) is 5.21 Å². The Labute approximate surface area is 174 Å². The molecule has 2 fully saturated rings. The molecule has 0 bridgehead atoms. The molecule has 30 heavy (non-hydrogen) atoms. The molecule has 2 aromatic heterocycles. The molecule has 0 aromatic carbocycles. The van der Waals surface area contributed by atoms with Crippen molar-refractivity contribution in [2.24, 2.45) is 5.41 Å². The minimum atomic E-state index is -0.239. The van der Waals surface area contributed by atoms with E-state index >= 15 is 0 Å². The van der Waals surface area contributed by atoms with Gasteiger partial charge in [-0.15, -0.1) is 5.10 Å². The van der Waals surface area contributed by atoms with Gasteiger partial charge in [0.25, 0.3) is 11.8 Å². The largest absolute Gasteiger partial charge is 0.481 e. The number of likely N-dealkylation sites (tertiary alicyclic amines) is 1. The van der Waals surface area contributed by atoms with Crippen LogP contribution in [0.2, 0.25) is 0 Å². The van der Waals surface area contributed by atoms with Crippen molar-refractivity contribution in [2.75, 3.05) is 34.4 Å². The molecule has 2 amide bonds. The highest BCUT2D eigenvalue weighted by Crippen LogP contribution is 2.56. The molecule has 2 aromatic rings. The number of amides is 2. The van der Waals surface area contributed by atoms with Crippen molar-refractivity contribution < 1.29 is 19.1 Å². The molecule has 10 nitrogen and oxygen atoms in total. The van der Waals surface area contributed by atoms with Gasteiger partial charge >= 0.3 is 0 Å². The summed E-state index contributed by atoms with van der Waals surface area (Å²) in [5, 5.41) is 10.7. The molecular weight excluding hydrogens is 388 g/mol. The van der Waals surface area contributed by atoms with E-state index in [0.717, 1.165) is 25.7 Å². The van der Waals surface area contributed by atoms with Crippen molar-refractivity contribution >= 4 is 11.8 Å². The number of piperidine rings is 1. The number of ether oxygens (including phenoxy) is 2. The third-order valence-corrected chi connectivity index (χ3v) is 6.43. The van der Waals surface area contributed by atoms with Crippen molar-refractivity contribution in [3.63, 3.8) is 0 Å². The average Bonchev–Trinajstić information content (AvgIpc) is 3.26. The fourth-order valence-electron chi connectivity index (χ4n) is 4.52. The van der Waals surface area contributed by atoms with E-state index in [1.807, 2.05) is 9.58 Å². The van der Waals surface area contributed by atoms with E-state index in [2.05, 4.69) is 20.6 Å². The van der Waals surface area contributed by atoms with Crippen molar-refractivity contribution in [1.29, 1.82) is 0 Å². The molecule has 1 N–H and O–H groups in total. The van der Waals surface area contributed by atoms with Gasteiger partial charge in [0.15, 0.2) is 5.69 Å². The molecule has 1 spiro atoms. The Morgan fingerprint density at radius 1 is 1.17 bits per heavy atom. The van der Waals surface area contributed by atoms with Gasteiger partial charge in [0.1, 0.15) is 5.56 Å². The topological polar surface area (TPSA) is 111 Å². The minimum Gasteiger partial charge on any atom is -0.481 e. The first-order chi connectivity index (χ1) is 14.5. The molecule has 4 rings (SSSR count). The van der Waals surface area contributed by atoms with Gasteiger partial charge in [0.05, 0.1) is 26.5 Å². The smallest absolute Gasteiger partial charge is 0.273 e. The third kappa shape index (κ3) is 3.35. The van der Waals surface area contributed by atoms with Gasteiger partial charge in [-0.05, 0) is 37.2 Å². The van der Waals surface area contributed by atoms with Crippen LogP contribution in [0.4, 0.5) is 0 Å². The summed E-state index contributed by atoms with van der Waals surface area (Å²) in [5.41, 5.74) is 0.851. The maximum Gasteiger partial charge on any atom is 0.273 e. The van der Waals surface area contributed by atoms with E-state index in [4.69, 9.17) is 9.47 Å². The Hall–Kier alpha value is -3.17. The standard InChI is InChI=1S/C20H26N6O4/c1-21-17(27)14-12-26(24-23-14)15-6-7-20(15)8-10-25(11-9-20)19(28)13-4-5-16(29-2)22-18(13)30-3/h4-5,12,15H,6-11H2,1-3H3,(H,21,27). The molecule has 1 saturated carbocycles. The summed E-state index contributed by atoms with van der Waals surface area (Å²) in [7, 11) is 4.59. The molecular formula is C20H26N6O4. The predicted octanol–water partition coefficient (Wildman–Crippen LogP) is 1.31. The lowest BCUT2D eigenvalue weighted by atomic mass is 9.59. The molecule has 3 heterocycles. The first kappa shape index (κ1) is 20.1. The van der Waals surface area contributed by atoms with Crippen LogP contribution in [-0.4, -0.2) is 71.0 Å². The SMILES string of the molecule is CNC(=O)c1cn(C2CCC23CCN(C(=O)c2ccc(OC)nc2OC)CC3)nn1. The van der Waals surface area contributed by atoms with Gasteiger partial charge in [-0.3, -0.25) is 9.59 Å². The van der Waals surface area contributed by atoms with Crippen LogP contribution in [0.3, 0.4) is 0 Å². The zero-order chi connectivity index (χ0) is 21.3. The van der Waals surface area contributed by atoms with Gasteiger partial charge in [-0.2, -0.15) is 4.98 Å². The van der Waals surface area contributed by atoms with Crippen LogP contribution in [-0.2, 0) is 0 Å². The van der Waals surface area contributed by atoms with Crippen LogP contribution in [0.5, 0.6) is 11.8 Å². The number of carbonyl (C=O) groups is 2. The average molecular weight is 414 g/mol. The Kier molecular flexibility index (Phi) is 5.31. The number of nitrogens with one attached hydrogen (secondary N) is 1. The Morgan fingerprint density at radius 3 is 2.53 bits per heavy atom. The second kappa shape index (κ2) is 7.92. The molecule has 2 aliphatic rings. The number of nitrogens with zero attached hydrogens (tertiary/aromatic N) is 5. The van der Waals surface area contributed by atoms with Crippen LogP contribution >= 0.6 is 0 Å². The molecule has 1 aliphatic carbocycles. The Balaban J connectivity index is 1.44. The Morgan fingerprint density at radius 2 is 1.93 bits per heavy atom. The van der Waals surface area contributed by atoms with Crippen LogP contribution in [0, 0.1) is 5.41 Å². The van der Waals surface area contributed by atoms with E-state index in [1.165, 1.54) is 14.2 Å². The number of rotatable bonds is 5. The van der Waals surface area contributed by atoms with Crippen molar-refractivity contribution in [3.8, 4) is 11.8 Å². The lowest BCUT2D eigenvalue weighted by Crippen LogP contribution is -2.51. The summed E-state index contributed by atoms with van der Waals surface area (Å²) < 4.78 is 12.2. The number of methoxy groups -OCH3 is 2. The zero-order valence-electron chi connectivity index (χ0n) is 17.4. The molecule has 1 unspecified atom stereocenters. The highest BCUT2D eigenvalue weighted by molar-refractivity contribution is 5.96. The van der Waals surface area contributed by atoms with E-state index < -0.39 is 0 Å². The summed E-state index contributed by atoms with van der Waals surface area (Å²) in [4.78, 5) is 30.9. The van der Waals surface area contributed by atoms with Gasteiger partial charge in [-0.25, -0.2) is 4.68 Å². The maximum atomic E-state index is 13.1. The third-order valence-electron chi connectivity index (χ3n) is 6.43. The molecule has 1 saturated heterocycles. The summed E-state index contributed by atoms with van der Waals surface area (Å²) >= 11 is 0. The van der Waals surface area contributed by atoms with Crippen LogP contribution in [0.15, 0.2) is 18.3 Å².